The second-order valence-corrected chi connectivity index (χ2v) is 3.68. The third kappa shape index (κ3) is 1.71. The molecular formula is C13H14N2. The largest absolute Gasteiger partial charge is 0.383 e. The van der Waals surface area contributed by atoms with Crippen molar-refractivity contribution in [3.05, 3.63) is 47.7 Å². The van der Waals surface area contributed by atoms with E-state index in [1.165, 1.54) is 16.7 Å². The van der Waals surface area contributed by atoms with Crippen LogP contribution in [0.25, 0.3) is 11.1 Å². The summed E-state index contributed by atoms with van der Waals surface area (Å²) < 4.78 is 0. The standard InChI is InChI=1S/C13H14N2/c1-9-5-3-6-11(10(9)2)12-7-4-8-15-13(12)14/h3-8H,1-2H3,(H2,14,15). The maximum atomic E-state index is 5.86. The van der Waals surface area contributed by atoms with Gasteiger partial charge in [0, 0.05) is 11.8 Å². The summed E-state index contributed by atoms with van der Waals surface area (Å²) in [6.45, 7) is 4.21. The van der Waals surface area contributed by atoms with E-state index in [1.54, 1.807) is 6.20 Å². The van der Waals surface area contributed by atoms with Crippen LogP contribution in [0.2, 0.25) is 0 Å². The molecular weight excluding hydrogens is 184 g/mol. The van der Waals surface area contributed by atoms with Crippen LogP contribution in [-0.2, 0) is 0 Å². The molecule has 0 bridgehead atoms. The van der Waals surface area contributed by atoms with Crippen LogP contribution in [0.15, 0.2) is 36.5 Å². The summed E-state index contributed by atoms with van der Waals surface area (Å²) >= 11 is 0. The average Bonchev–Trinajstić information content (AvgIpc) is 2.23. The van der Waals surface area contributed by atoms with Crippen molar-refractivity contribution < 1.29 is 0 Å². The summed E-state index contributed by atoms with van der Waals surface area (Å²) in [5, 5.41) is 0. The second-order valence-electron chi connectivity index (χ2n) is 3.68. The Morgan fingerprint density at radius 1 is 1.00 bits per heavy atom. The van der Waals surface area contributed by atoms with Crippen molar-refractivity contribution >= 4 is 5.82 Å². The lowest BCUT2D eigenvalue weighted by Crippen LogP contribution is -1.95. The number of anilines is 1. The zero-order valence-corrected chi connectivity index (χ0v) is 8.99. The second kappa shape index (κ2) is 3.73. The normalized spacial score (nSPS) is 10.3. The van der Waals surface area contributed by atoms with Crippen LogP contribution in [0.4, 0.5) is 5.82 Å². The van der Waals surface area contributed by atoms with Crippen molar-refractivity contribution in [1.29, 1.82) is 0 Å². The molecule has 2 rings (SSSR count). The fourth-order valence-corrected chi connectivity index (χ4v) is 1.69. The van der Waals surface area contributed by atoms with Gasteiger partial charge >= 0.3 is 0 Å². The molecule has 0 atom stereocenters. The van der Waals surface area contributed by atoms with Gasteiger partial charge in [0.05, 0.1) is 0 Å². The first-order valence-corrected chi connectivity index (χ1v) is 4.97. The Labute approximate surface area is 89.8 Å². The Morgan fingerprint density at radius 3 is 2.47 bits per heavy atom. The summed E-state index contributed by atoms with van der Waals surface area (Å²) in [6.07, 6.45) is 1.71. The highest BCUT2D eigenvalue weighted by molar-refractivity contribution is 5.76. The summed E-state index contributed by atoms with van der Waals surface area (Å²) in [6, 6.07) is 10.1. The smallest absolute Gasteiger partial charge is 0.131 e. The predicted octanol–water partition coefficient (Wildman–Crippen LogP) is 2.95. The summed E-state index contributed by atoms with van der Waals surface area (Å²) in [5.74, 6) is 0.589. The van der Waals surface area contributed by atoms with Gasteiger partial charge in [-0.2, -0.15) is 0 Å². The number of nitrogen functional groups attached to an aromatic ring is 1. The third-order valence-electron chi connectivity index (χ3n) is 2.73. The molecule has 2 N–H and O–H groups in total. The summed E-state index contributed by atoms with van der Waals surface area (Å²) in [5.41, 5.74) is 10.6. The summed E-state index contributed by atoms with van der Waals surface area (Å²) in [7, 11) is 0. The van der Waals surface area contributed by atoms with E-state index in [0.29, 0.717) is 5.82 Å². The zero-order chi connectivity index (χ0) is 10.8. The lowest BCUT2D eigenvalue weighted by atomic mass is 9.98. The van der Waals surface area contributed by atoms with E-state index in [9.17, 15) is 0 Å². The molecule has 1 aromatic carbocycles. The van der Waals surface area contributed by atoms with E-state index < -0.39 is 0 Å². The highest BCUT2D eigenvalue weighted by Gasteiger charge is 2.06. The summed E-state index contributed by atoms with van der Waals surface area (Å²) in [4.78, 5) is 4.10. The maximum Gasteiger partial charge on any atom is 0.131 e. The highest BCUT2D eigenvalue weighted by Crippen LogP contribution is 2.28. The number of hydrogen-bond donors (Lipinski definition) is 1. The molecule has 0 spiro atoms. The van der Waals surface area contributed by atoms with Crippen molar-refractivity contribution in [2.24, 2.45) is 0 Å². The van der Waals surface area contributed by atoms with Crippen molar-refractivity contribution in [2.45, 2.75) is 13.8 Å². The van der Waals surface area contributed by atoms with Gasteiger partial charge in [-0.25, -0.2) is 4.98 Å². The van der Waals surface area contributed by atoms with Crippen molar-refractivity contribution in [1.82, 2.24) is 4.98 Å². The number of aryl methyl sites for hydroxylation is 1. The Kier molecular flexibility index (Phi) is 2.42. The Morgan fingerprint density at radius 2 is 1.73 bits per heavy atom. The molecule has 0 fully saturated rings. The Bertz CT molecular complexity index is 490. The van der Waals surface area contributed by atoms with E-state index >= 15 is 0 Å². The van der Waals surface area contributed by atoms with E-state index in [4.69, 9.17) is 5.73 Å². The topological polar surface area (TPSA) is 38.9 Å². The minimum atomic E-state index is 0.589. The number of nitrogens with zero attached hydrogens (tertiary/aromatic N) is 1. The fourth-order valence-electron chi connectivity index (χ4n) is 1.69. The SMILES string of the molecule is Cc1cccc(-c2cccnc2N)c1C. The zero-order valence-electron chi connectivity index (χ0n) is 8.99. The molecule has 76 valence electrons. The molecule has 2 aromatic rings. The van der Waals surface area contributed by atoms with Crippen molar-refractivity contribution in [3.8, 4) is 11.1 Å². The number of nitrogens with two attached hydrogens (primary N) is 1. The third-order valence-corrected chi connectivity index (χ3v) is 2.73. The van der Waals surface area contributed by atoms with Crippen molar-refractivity contribution in [3.63, 3.8) is 0 Å². The number of hydrogen-bond acceptors (Lipinski definition) is 2. The molecule has 0 saturated heterocycles. The van der Waals surface area contributed by atoms with Crippen LogP contribution in [0, 0.1) is 13.8 Å². The molecule has 0 aliphatic rings. The number of benzene rings is 1. The molecule has 1 heterocycles. The molecule has 2 heteroatoms. The lowest BCUT2D eigenvalue weighted by molar-refractivity contribution is 1.30. The lowest BCUT2D eigenvalue weighted by Gasteiger charge is -2.09. The Hall–Kier alpha value is -1.83. The van der Waals surface area contributed by atoms with E-state index in [-0.39, 0.29) is 0 Å². The molecule has 0 unspecified atom stereocenters. The maximum absolute atomic E-state index is 5.86. The molecule has 0 aliphatic heterocycles. The number of pyridine rings is 1. The number of rotatable bonds is 1. The van der Waals surface area contributed by atoms with Crippen LogP contribution in [0.1, 0.15) is 11.1 Å². The predicted molar refractivity (Wildman–Crippen MR) is 63.6 cm³/mol. The minimum Gasteiger partial charge on any atom is -0.383 e. The van der Waals surface area contributed by atoms with Gasteiger partial charge in [-0.3, -0.25) is 0 Å². The highest BCUT2D eigenvalue weighted by atomic mass is 14.8. The van der Waals surface area contributed by atoms with Crippen LogP contribution in [0.5, 0.6) is 0 Å². The molecule has 2 nitrogen and oxygen atoms in total. The molecule has 15 heavy (non-hydrogen) atoms. The molecule has 0 aliphatic carbocycles. The van der Waals surface area contributed by atoms with E-state index in [2.05, 4.69) is 31.0 Å². The fraction of sp³-hybridized carbons (Fsp3) is 0.154. The van der Waals surface area contributed by atoms with Gasteiger partial charge in [0.2, 0.25) is 0 Å². The number of aromatic nitrogens is 1. The van der Waals surface area contributed by atoms with Crippen LogP contribution in [-0.4, -0.2) is 4.98 Å². The van der Waals surface area contributed by atoms with Crippen LogP contribution < -0.4 is 5.73 Å². The van der Waals surface area contributed by atoms with Crippen LogP contribution >= 0.6 is 0 Å². The van der Waals surface area contributed by atoms with E-state index in [1.807, 2.05) is 18.2 Å². The molecule has 0 saturated carbocycles. The van der Waals surface area contributed by atoms with Gasteiger partial charge in [-0.1, -0.05) is 18.2 Å². The van der Waals surface area contributed by atoms with Gasteiger partial charge in [0.15, 0.2) is 0 Å². The quantitative estimate of drug-likeness (QED) is 0.765. The minimum absolute atomic E-state index is 0.589. The van der Waals surface area contributed by atoms with E-state index in [0.717, 1.165) is 5.56 Å². The van der Waals surface area contributed by atoms with Gasteiger partial charge in [0.25, 0.3) is 0 Å². The van der Waals surface area contributed by atoms with Gasteiger partial charge < -0.3 is 5.73 Å². The average molecular weight is 198 g/mol. The first-order chi connectivity index (χ1) is 7.20. The monoisotopic (exact) mass is 198 g/mol. The Balaban J connectivity index is 2.65. The molecule has 1 aromatic heterocycles. The first-order valence-electron chi connectivity index (χ1n) is 4.97. The van der Waals surface area contributed by atoms with Gasteiger partial charge in [-0.05, 0) is 42.7 Å². The van der Waals surface area contributed by atoms with Crippen LogP contribution in [0.3, 0.4) is 0 Å². The molecule has 0 amide bonds. The van der Waals surface area contributed by atoms with Crippen molar-refractivity contribution in [2.75, 3.05) is 5.73 Å². The molecule has 0 radical (unpaired) electrons. The van der Waals surface area contributed by atoms with Gasteiger partial charge in [-0.15, -0.1) is 0 Å². The van der Waals surface area contributed by atoms with Gasteiger partial charge in [0.1, 0.15) is 5.82 Å². The first kappa shape index (κ1) is 9.71.